The van der Waals surface area contributed by atoms with E-state index >= 15 is 0 Å². The lowest BCUT2D eigenvalue weighted by molar-refractivity contribution is 0.106. The number of H-pyrrole nitrogens is 1. The quantitative estimate of drug-likeness (QED) is 0.339. The number of aromatic amines is 1. The second kappa shape index (κ2) is 10.6. The SMILES string of the molecule is COc1ccccc1OCCNCC(O)COc1cccc2[nH]c(=O)c(CO)nc12. The molecular formula is C21H25N3O6. The molecule has 0 amide bonds. The molecule has 0 radical (unpaired) electrons. The summed E-state index contributed by atoms with van der Waals surface area (Å²) in [4.78, 5) is 18.6. The van der Waals surface area contributed by atoms with E-state index in [4.69, 9.17) is 14.2 Å². The highest BCUT2D eigenvalue weighted by atomic mass is 16.5. The molecule has 0 aliphatic carbocycles. The number of methoxy groups -OCH3 is 1. The van der Waals surface area contributed by atoms with Crippen molar-refractivity contribution in [2.75, 3.05) is 33.4 Å². The Balaban J connectivity index is 1.46. The van der Waals surface area contributed by atoms with Gasteiger partial charge in [-0.05, 0) is 24.3 Å². The Morgan fingerprint density at radius 2 is 1.87 bits per heavy atom. The van der Waals surface area contributed by atoms with Gasteiger partial charge < -0.3 is 34.7 Å². The summed E-state index contributed by atoms with van der Waals surface area (Å²) in [5, 5.41) is 22.5. The third kappa shape index (κ3) is 5.47. The third-order valence-electron chi connectivity index (χ3n) is 4.32. The zero-order chi connectivity index (χ0) is 21.3. The lowest BCUT2D eigenvalue weighted by Gasteiger charge is -2.15. The Morgan fingerprint density at radius 1 is 1.10 bits per heavy atom. The highest BCUT2D eigenvalue weighted by Gasteiger charge is 2.11. The van der Waals surface area contributed by atoms with Crippen LogP contribution in [-0.2, 0) is 6.61 Å². The number of hydrogen-bond donors (Lipinski definition) is 4. The van der Waals surface area contributed by atoms with E-state index < -0.39 is 18.3 Å². The van der Waals surface area contributed by atoms with Crippen LogP contribution in [0.3, 0.4) is 0 Å². The first-order chi connectivity index (χ1) is 14.6. The number of ether oxygens (including phenoxy) is 3. The van der Waals surface area contributed by atoms with Crippen LogP contribution < -0.4 is 25.1 Å². The van der Waals surface area contributed by atoms with Crippen LogP contribution >= 0.6 is 0 Å². The highest BCUT2D eigenvalue weighted by Crippen LogP contribution is 2.25. The van der Waals surface area contributed by atoms with Crippen LogP contribution in [-0.4, -0.2) is 59.7 Å². The molecular weight excluding hydrogens is 390 g/mol. The average molecular weight is 415 g/mol. The predicted octanol–water partition coefficient (Wildman–Crippen LogP) is 0.832. The van der Waals surface area contributed by atoms with Crippen LogP contribution in [0.5, 0.6) is 17.2 Å². The minimum Gasteiger partial charge on any atom is -0.493 e. The molecule has 0 aliphatic rings. The zero-order valence-corrected chi connectivity index (χ0v) is 16.6. The van der Waals surface area contributed by atoms with E-state index in [1.807, 2.05) is 24.3 Å². The Labute approximate surface area is 173 Å². The van der Waals surface area contributed by atoms with Gasteiger partial charge in [0.25, 0.3) is 5.56 Å². The molecule has 1 aromatic heterocycles. The molecule has 1 heterocycles. The Kier molecular flexibility index (Phi) is 7.61. The maximum atomic E-state index is 11.8. The molecule has 0 aliphatic heterocycles. The van der Waals surface area contributed by atoms with Crippen molar-refractivity contribution >= 4 is 11.0 Å². The molecule has 0 bridgehead atoms. The maximum Gasteiger partial charge on any atom is 0.272 e. The number of rotatable bonds is 11. The molecule has 0 saturated heterocycles. The topological polar surface area (TPSA) is 126 Å². The van der Waals surface area contributed by atoms with Gasteiger partial charge in [0.05, 0.1) is 19.2 Å². The maximum absolute atomic E-state index is 11.8. The van der Waals surface area contributed by atoms with Crippen molar-refractivity contribution in [3.05, 3.63) is 58.5 Å². The summed E-state index contributed by atoms with van der Waals surface area (Å²) in [5.74, 6) is 1.74. The molecule has 0 saturated carbocycles. The third-order valence-corrected chi connectivity index (χ3v) is 4.32. The highest BCUT2D eigenvalue weighted by molar-refractivity contribution is 5.80. The van der Waals surface area contributed by atoms with E-state index in [0.717, 1.165) is 0 Å². The summed E-state index contributed by atoms with van der Waals surface area (Å²) < 4.78 is 16.6. The van der Waals surface area contributed by atoms with E-state index in [0.29, 0.717) is 48.0 Å². The first-order valence-corrected chi connectivity index (χ1v) is 9.52. The molecule has 160 valence electrons. The van der Waals surface area contributed by atoms with Crippen LogP contribution in [0, 0.1) is 0 Å². The number of para-hydroxylation sites is 3. The number of fused-ring (bicyclic) bond motifs is 1. The summed E-state index contributed by atoms with van der Waals surface area (Å²) in [6, 6.07) is 12.5. The lowest BCUT2D eigenvalue weighted by atomic mass is 10.2. The van der Waals surface area contributed by atoms with E-state index in [1.54, 1.807) is 25.3 Å². The standard InChI is InChI=1S/C21H25N3O6/c1-28-17-6-2-3-7-18(17)29-10-9-22-11-14(26)13-30-19-8-4-5-15-20(19)23-16(12-25)21(27)24-15/h2-8,14,22,25-26H,9-13H2,1H3,(H,24,27). The van der Waals surface area contributed by atoms with Crippen LogP contribution in [0.15, 0.2) is 47.3 Å². The number of hydrogen-bond acceptors (Lipinski definition) is 8. The first kappa shape index (κ1) is 21.6. The van der Waals surface area contributed by atoms with Gasteiger partial charge in [-0.1, -0.05) is 18.2 Å². The van der Waals surface area contributed by atoms with E-state index in [9.17, 15) is 15.0 Å². The number of aliphatic hydroxyl groups excluding tert-OH is 2. The molecule has 9 nitrogen and oxygen atoms in total. The molecule has 4 N–H and O–H groups in total. The van der Waals surface area contributed by atoms with Gasteiger partial charge in [-0.25, -0.2) is 4.98 Å². The number of nitrogens with one attached hydrogen (secondary N) is 2. The van der Waals surface area contributed by atoms with Gasteiger partial charge in [0.1, 0.15) is 36.3 Å². The van der Waals surface area contributed by atoms with Crippen molar-refractivity contribution in [1.82, 2.24) is 15.3 Å². The summed E-state index contributed by atoms with van der Waals surface area (Å²) in [6.07, 6.45) is -0.758. The van der Waals surface area contributed by atoms with Crippen LogP contribution in [0.4, 0.5) is 0 Å². The molecule has 30 heavy (non-hydrogen) atoms. The number of benzene rings is 2. The van der Waals surface area contributed by atoms with Gasteiger partial charge in [-0.15, -0.1) is 0 Å². The summed E-state index contributed by atoms with van der Waals surface area (Å²) in [5.41, 5.74) is 0.486. The second-order valence-corrected chi connectivity index (χ2v) is 6.49. The molecule has 0 spiro atoms. The predicted molar refractivity (Wildman–Crippen MR) is 111 cm³/mol. The van der Waals surface area contributed by atoms with Crippen LogP contribution in [0.25, 0.3) is 11.0 Å². The van der Waals surface area contributed by atoms with Gasteiger partial charge in [-0.3, -0.25) is 4.79 Å². The number of nitrogens with zero attached hydrogens (tertiary/aromatic N) is 1. The van der Waals surface area contributed by atoms with Crippen molar-refractivity contribution < 1.29 is 24.4 Å². The van der Waals surface area contributed by atoms with Gasteiger partial charge in [-0.2, -0.15) is 0 Å². The largest absolute Gasteiger partial charge is 0.493 e. The summed E-state index contributed by atoms with van der Waals surface area (Å²) in [6.45, 7) is 0.828. The number of aromatic nitrogens is 2. The van der Waals surface area contributed by atoms with Gasteiger partial charge in [0, 0.05) is 13.1 Å². The molecule has 0 fully saturated rings. The van der Waals surface area contributed by atoms with Crippen molar-refractivity contribution in [1.29, 1.82) is 0 Å². The Hall–Kier alpha value is -3.14. The lowest BCUT2D eigenvalue weighted by Crippen LogP contribution is -2.33. The minimum absolute atomic E-state index is 0.0100. The van der Waals surface area contributed by atoms with Gasteiger partial charge in [0.15, 0.2) is 11.5 Å². The van der Waals surface area contributed by atoms with E-state index in [2.05, 4.69) is 15.3 Å². The van der Waals surface area contributed by atoms with Gasteiger partial charge in [0.2, 0.25) is 0 Å². The minimum atomic E-state index is -0.758. The normalized spacial score (nSPS) is 12.0. The Morgan fingerprint density at radius 3 is 2.63 bits per heavy atom. The average Bonchev–Trinajstić information content (AvgIpc) is 2.77. The summed E-state index contributed by atoms with van der Waals surface area (Å²) in [7, 11) is 1.59. The van der Waals surface area contributed by atoms with Crippen molar-refractivity contribution in [2.24, 2.45) is 0 Å². The van der Waals surface area contributed by atoms with Gasteiger partial charge >= 0.3 is 0 Å². The second-order valence-electron chi connectivity index (χ2n) is 6.49. The van der Waals surface area contributed by atoms with Crippen LogP contribution in [0.2, 0.25) is 0 Å². The zero-order valence-electron chi connectivity index (χ0n) is 16.6. The fraction of sp³-hybridized carbons (Fsp3) is 0.333. The van der Waals surface area contributed by atoms with Crippen molar-refractivity contribution in [2.45, 2.75) is 12.7 Å². The van der Waals surface area contributed by atoms with Crippen molar-refractivity contribution in [3.8, 4) is 17.2 Å². The Bertz CT molecular complexity index is 1020. The molecule has 9 heteroatoms. The first-order valence-electron chi connectivity index (χ1n) is 9.52. The molecule has 1 atom stereocenters. The molecule has 2 aromatic carbocycles. The monoisotopic (exact) mass is 415 g/mol. The van der Waals surface area contributed by atoms with E-state index in [1.165, 1.54) is 0 Å². The molecule has 3 rings (SSSR count). The fourth-order valence-electron chi connectivity index (χ4n) is 2.83. The molecule has 3 aromatic rings. The summed E-state index contributed by atoms with van der Waals surface area (Å²) >= 11 is 0. The number of aliphatic hydroxyl groups is 2. The smallest absolute Gasteiger partial charge is 0.272 e. The molecule has 1 unspecified atom stereocenters. The fourth-order valence-corrected chi connectivity index (χ4v) is 2.83. The van der Waals surface area contributed by atoms with E-state index in [-0.39, 0.29) is 12.3 Å². The van der Waals surface area contributed by atoms with Crippen molar-refractivity contribution in [3.63, 3.8) is 0 Å². The van der Waals surface area contributed by atoms with Crippen LogP contribution in [0.1, 0.15) is 5.69 Å².